The zero-order chi connectivity index (χ0) is 15.9. The lowest BCUT2D eigenvalue weighted by molar-refractivity contribution is 0.309. The van der Waals surface area contributed by atoms with Gasteiger partial charge in [0.25, 0.3) is 0 Å². The van der Waals surface area contributed by atoms with Crippen LogP contribution in [0.2, 0.25) is 0 Å². The predicted molar refractivity (Wildman–Crippen MR) is 89.4 cm³/mol. The summed E-state index contributed by atoms with van der Waals surface area (Å²) in [5.74, 6) is 0. The third-order valence-electron chi connectivity index (χ3n) is 3.38. The van der Waals surface area contributed by atoms with Crippen LogP contribution in [-0.4, -0.2) is 46.0 Å². The lowest BCUT2D eigenvalue weighted by Crippen LogP contribution is -2.34. The molecule has 1 aromatic heterocycles. The summed E-state index contributed by atoms with van der Waals surface area (Å²) in [5, 5.41) is 3.22. The Morgan fingerprint density at radius 1 is 1.24 bits per heavy atom. The summed E-state index contributed by atoms with van der Waals surface area (Å²) < 4.78 is 27.4. The van der Waals surface area contributed by atoms with Gasteiger partial charge in [-0.2, -0.15) is 0 Å². The van der Waals surface area contributed by atoms with E-state index in [0.29, 0.717) is 11.4 Å². The maximum atomic E-state index is 12.4. The highest BCUT2D eigenvalue weighted by molar-refractivity contribution is 7.89. The van der Waals surface area contributed by atoms with Crippen LogP contribution in [0, 0.1) is 6.92 Å². The van der Waals surface area contributed by atoms with E-state index < -0.39 is 10.0 Å². The molecule has 0 radical (unpaired) electrons. The fourth-order valence-electron chi connectivity index (χ4n) is 2.08. The van der Waals surface area contributed by atoms with Gasteiger partial charge in [0, 0.05) is 29.4 Å². The Balaban J connectivity index is 2.67. The van der Waals surface area contributed by atoms with Crippen LogP contribution in [0.15, 0.2) is 11.0 Å². The van der Waals surface area contributed by atoms with Gasteiger partial charge in [0.2, 0.25) is 10.0 Å². The molecule has 2 N–H and O–H groups in total. The fraction of sp³-hybridized carbons (Fsp3) is 0.714. The molecular formula is C14H27N3O2S2. The van der Waals surface area contributed by atoms with Gasteiger partial charge < -0.3 is 10.2 Å². The second kappa shape index (κ2) is 8.85. The van der Waals surface area contributed by atoms with Gasteiger partial charge in [0.15, 0.2) is 0 Å². The highest BCUT2D eigenvalue weighted by atomic mass is 32.2. The number of hydrogen-bond acceptors (Lipinski definition) is 5. The third kappa shape index (κ3) is 5.67. The standard InChI is InChI=1S/C14H27N3O2S2/c1-5-15-11-13-10-14(12(4)20-13)21(18,19)16-8-9-17(6-2)7-3/h10,15-16H,5-9,11H2,1-4H3. The van der Waals surface area contributed by atoms with E-state index in [1.807, 2.05) is 13.8 Å². The predicted octanol–water partition coefficient (Wildman–Crippen LogP) is 1.79. The molecular weight excluding hydrogens is 306 g/mol. The van der Waals surface area contributed by atoms with Gasteiger partial charge >= 0.3 is 0 Å². The van der Waals surface area contributed by atoms with E-state index in [9.17, 15) is 8.42 Å². The van der Waals surface area contributed by atoms with E-state index in [0.717, 1.165) is 42.5 Å². The second-order valence-electron chi connectivity index (χ2n) is 4.84. The quantitative estimate of drug-likeness (QED) is 0.685. The normalized spacial score (nSPS) is 12.2. The summed E-state index contributed by atoms with van der Waals surface area (Å²) in [7, 11) is -3.40. The molecule has 0 aliphatic rings. The minimum Gasteiger partial charge on any atom is -0.312 e. The van der Waals surface area contributed by atoms with E-state index in [1.54, 1.807) is 6.07 Å². The lowest BCUT2D eigenvalue weighted by Gasteiger charge is -2.17. The summed E-state index contributed by atoms with van der Waals surface area (Å²) >= 11 is 1.54. The molecule has 0 saturated carbocycles. The van der Waals surface area contributed by atoms with Crippen LogP contribution in [0.1, 0.15) is 30.5 Å². The minimum absolute atomic E-state index is 0.417. The molecule has 7 heteroatoms. The second-order valence-corrected chi connectivity index (χ2v) is 7.91. The van der Waals surface area contributed by atoms with Crippen molar-refractivity contribution in [2.75, 3.05) is 32.7 Å². The molecule has 0 spiro atoms. The fourth-order valence-corrected chi connectivity index (χ4v) is 4.71. The number of rotatable bonds is 10. The Labute approximate surface area is 132 Å². The number of hydrogen-bond donors (Lipinski definition) is 2. The zero-order valence-corrected chi connectivity index (χ0v) is 15.0. The number of sulfonamides is 1. The van der Waals surface area contributed by atoms with E-state index in [4.69, 9.17) is 0 Å². The number of aryl methyl sites for hydroxylation is 1. The number of thiophene rings is 1. The number of likely N-dealkylation sites (N-methyl/N-ethyl adjacent to an activating group) is 1. The number of nitrogens with one attached hydrogen (secondary N) is 2. The Morgan fingerprint density at radius 3 is 2.48 bits per heavy atom. The molecule has 0 aliphatic heterocycles. The van der Waals surface area contributed by atoms with Gasteiger partial charge in [0.05, 0.1) is 4.90 Å². The Kier molecular flexibility index (Phi) is 7.83. The molecule has 0 aromatic carbocycles. The summed E-state index contributed by atoms with van der Waals surface area (Å²) in [6, 6.07) is 1.78. The van der Waals surface area contributed by atoms with Crippen LogP contribution in [-0.2, 0) is 16.6 Å². The molecule has 1 heterocycles. The van der Waals surface area contributed by atoms with Crippen LogP contribution < -0.4 is 10.0 Å². The molecule has 0 saturated heterocycles. The first-order chi connectivity index (χ1) is 9.94. The van der Waals surface area contributed by atoms with Crippen molar-refractivity contribution in [2.45, 2.75) is 39.1 Å². The van der Waals surface area contributed by atoms with E-state index in [-0.39, 0.29) is 0 Å². The Morgan fingerprint density at radius 2 is 1.90 bits per heavy atom. The maximum Gasteiger partial charge on any atom is 0.241 e. The molecule has 5 nitrogen and oxygen atoms in total. The summed E-state index contributed by atoms with van der Waals surface area (Å²) in [6.45, 7) is 12.7. The summed E-state index contributed by atoms with van der Waals surface area (Å²) in [5.41, 5.74) is 0. The first-order valence-corrected chi connectivity index (χ1v) is 9.76. The van der Waals surface area contributed by atoms with Gasteiger partial charge in [-0.1, -0.05) is 20.8 Å². The largest absolute Gasteiger partial charge is 0.312 e. The maximum absolute atomic E-state index is 12.4. The van der Waals surface area contributed by atoms with Crippen molar-refractivity contribution in [3.8, 4) is 0 Å². The van der Waals surface area contributed by atoms with Crippen molar-refractivity contribution in [3.05, 3.63) is 15.8 Å². The molecule has 0 aliphatic carbocycles. The molecule has 0 bridgehead atoms. The van der Waals surface area contributed by atoms with Crippen molar-refractivity contribution in [2.24, 2.45) is 0 Å². The van der Waals surface area contributed by atoms with Crippen molar-refractivity contribution in [3.63, 3.8) is 0 Å². The molecule has 0 fully saturated rings. The third-order valence-corrected chi connectivity index (χ3v) is 6.14. The molecule has 0 atom stereocenters. The smallest absolute Gasteiger partial charge is 0.241 e. The van der Waals surface area contributed by atoms with Gasteiger partial charge in [-0.15, -0.1) is 11.3 Å². The van der Waals surface area contributed by atoms with Crippen molar-refractivity contribution in [1.82, 2.24) is 14.9 Å². The Hall–Kier alpha value is -0.470. The Bertz CT molecular complexity index is 522. The average Bonchev–Trinajstić information content (AvgIpc) is 2.83. The van der Waals surface area contributed by atoms with E-state index in [1.165, 1.54) is 11.3 Å². The van der Waals surface area contributed by atoms with Crippen molar-refractivity contribution in [1.29, 1.82) is 0 Å². The van der Waals surface area contributed by atoms with Gasteiger partial charge in [0.1, 0.15) is 0 Å². The van der Waals surface area contributed by atoms with Crippen molar-refractivity contribution >= 4 is 21.4 Å². The van der Waals surface area contributed by atoms with E-state index in [2.05, 4.69) is 28.8 Å². The molecule has 0 amide bonds. The summed E-state index contributed by atoms with van der Waals surface area (Å²) in [6.07, 6.45) is 0. The van der Waals surface area contributed by atoms with Gasteiger partial charge in [-0.25, -0.2) is 13.1 Å². The van der Waals surface area contributed by atoms with Crippen LogP contribution in [0.25, 0.3) is 0 Å². The van der Waals surface area contributed by atoms with Crippen LogP contribution in [0.5, 0.6) is 0 Å². The lowest BCUT2D eigenvalue weighted by atomic mass is 10.4. The number of nitrogens with zero attached hydrogens (tertiary/aromatic N) is 1. The molecule has 0 unspecified atom stereocenters. The molecule has 1 aromatic rings. The topological polar surface area (TPSA) is 61.4 Å². The molecule has 1 rings (SSSR count). The first kappa shape index (κ1) is 18.6. The van der Waals surface area contributed by atoms with E-state index >= 15 is 0 Å². The minimum atomic E-state index is -3.40. The zero-order valence-electron chi connectivity index (χ0n) is 13.4. The SMILES string of the molecule is CCNCc1cc(S(=O)(=O)NCCN(CC)CC)c(C)s1. The van der Waals surface area contributed by atoms with Crippen LogP contribution in [0.3, 0.4) is 0 Å². The van der Waals surface area contributed by atoms with Crippen LogP contribution in [0.4, 0.5) is 0 Å². The van der Waals surface area contributed by atoms with Crippen LogP contribution >= 0.6 is 11.3 Å². The van der Waals surface area contributed by atoms with Gasteiger partial charge in [-0.3, -0.25) is 0 Å². The molecule has 122 valence electrons. The molecule has 21 heavy (non-hydrogen) atoms. The highest BCUT2D eigenvalue weighted by Gasteiger charge is 2.19. The monoisotopic (exact) mass is 333 g/mol. The summed E-state index contributed by atoms with van der Waals surface area (Å²) in [4.78, 5) is 4.51. The van der Waals surface area contributed by atoms with Crippen molar-refractivity contribution < 1.29 is 8.42 Å². The van der Waals surface area contributed by atoms with Gasteiger partial charge in [-0.05, 0) is 32.6 Å². The first-order valence-electron chi connectivity index (χ1n) is 7.46. The highest BCUT2D eigenvalue weighted by Crippen LogP contribution is 2.25. The average molecular weight is 334 g/mol.